The number of fused-ring (bicyclic) bond motifs is 1. The highest BCUT2D eigenvalue weighted by atomic mass is 16.7. The van der Waals surface area contributed by atoms with E-state index < -0.39 is 0 Å². The third kappa shape index (κ3) is 2.97. The number of ether oxygens (including phenoxy) is 2. The molecular formula is C16H22N2O3. The number of carbonyl (C=O) groups excluding carboxylic acids is 1. The summed E-state index contributed by atoms with van der Waals surface area (Å²) in [5.41, 5.74) is 1.10. The summed E-state index contributed by atoms with van der Waals surface area (Å²) in [6.45, 7) is 6.06. The Hall–Kier alpha value is -1.75. The minimum absolute atomic E-state index is 0.0843. The maximum absolute atomic E-state index is 12.3. The van der Waals surface area contributed by atoms with E-state index in [0.29, 0.717) is 0 Å². The minimum atomic E-state index is -0.177. The van der Waals surface area contributed by atoms with Gasteiger partial charge in [-0.25, -0.2) is 0 Å². The lowest BCUT2D eigenvalue weighted by atomic mass is 10.1. The van der Waals surface area contributed by atoms with Gasteiger partial charge in [-0.15, -0.1) is 0 Å². The van der Waals surface area contributed by atoms with Crippen LogP contribution in [0.5, 0.6) is 11.5 Å². The Balaban J connectivity index is 1.62. The molecule has 2 aliphatic heterocycles. The highest BCUT2D eigenvalue weighted by Gasteiger charge is 2.25. The van der Waals surface area contributed by atoms with Gasteiger partial charge in [0.25, 0.3) is 0 Å². The van der Waals surface area contributed by atoms with Gasteiger partial charge in [0.2, 0.25) is 12.7 Å². The Labute approximate surface area is 125 Å². The number of nitrogens with zero attached hydrogens (tertiary/aromatic N) is 1. The fourth-order valence-corrected chi connectivity index (χ4v) is 2.94. The van der Waals surface area contributed by atoms with Crippen LogP contribution in [-0.2, 0) is 4.79 Å². The molecule has 0 bridgehead atoms. The molecule has 2 atom stereocenters. The molecule has 5 heteroatoms. The van der Waals surface area contributed by atoms with E-state index in [-0.39, 0.29) is 24.8 Å². The summed E-state index contributed by atoms with van der Waals surface area (Å²) in [5.74, 6) is 1.76. The predicted octanol–water partition coefficient (Wildman–Crippen LogP) is 2.08. The molecule has 2 unspecified atom stereocenters. The van der Waals surface area contributed by atoms with Crippen molar-refractivity contribution in [1.29, 1.82) is 0 Å². The van der Waals surface area contributed by atoms with E-state index in [9.17, 15) is 4.79 Å². The molecule has 3 rings (SSSR count). The number of benzene rings is 1. The van der Waals surface area contributed by atoms with Crippen molar-refractivity contribution in [2.75, 3.05) is 19.9 Å². The Bertz CT molecular complexity index is 526. The maximum Gasteiger partial charge on any atom is 0.239 e. The van der Waals surface area contributed by atoms with Crippen LogP contribution in [0.3, 0.4) is 0 Å². The van der Waals surface area contributed by atoms with E-state index in [1.807, 2.05) is 30.0 Å². The second-order valence-corrected chi connectivity index (χ2v) is 5.76. The van der Waals surface area contributed by atoms with Crippen molar-refractivity contribution in [2.45, 2.75) is 38.8 Å². The van der Waals surface area contributed by atoms with E-state index in [2.05, 4.69) is 12.2 Å². The Morgan fingerprint density at radius 2 is 1.90 bits per heavy atom. The summed E-state index contributed by atoms with van der Waals surface area (Å²) in [6, 6.07) is 5.82. The molecule has 2 aliphatic rings. The molecule has 21 heavy (non-hydrogen) atoms. The van der Waals surface area contributed by atoms with Gasteiger partial charge in [0.05, 0.1) is 6.04 Å². The van der Waals surface area contributed by atoms with Crippen molar-refractivity contribution in [1.82, 2.24) is 10.2 Å². The first-order chi connectivity index (χ1) is 10.1. The van der Waals surface area contributed by atoms with Gasteiger partial charge in [-0.3, -0.25) is 10.1 Å². The first-order valence-corrected chi connectivity index (χ1v) is 7.59. The van der Waals surface area contributed by atoms with Gasteiger partial charge in [0.1, 0.15) is 0 Å². The molecule has 0 radical (unpaired) electrons. The van der Waals surface area contributed by atoms with Gasteiger partial charge in [-0.1, -0.05) is 6.07 Å². The number of hydrogen-bond acceptors (Lipinski definition) is 4. The highest BCUT2D eigenvalue weighted by Crippen LogP contribution is 2.34. The average molecular weight is 290 g/mol. The van der Waals surface area contributed by atoms with Crippen molar-refractivity contribution < 1.29 is 14.3 Å². The molecule has 1 aromatic rings. The zero-order valence-corrected chi connectivity index (χ0v) is 12.6. The van der Waals surface area contributed by atoms with E-state index in [1.54, 1.807) is 0 Å². The number of nitrogens with one attached hydrogen (secondary N) is 1. The smallest absolute Gasteiger partial charge is 0.239 e. The summed E-state index contributed by atoms with van der Waals surface area (Å²) < 4.78 is 10.7. The fourth-order valence-electron chi connectivity index (χ4n) is 2.94. The van der Waals surface area contributed by atoms with Crippen molar-refractivity contribution in [2.24, 2.45) is 0 Å². The van der Waals surface area contributed by atoms with E-state index >= 15 is 0 Å². The first kappa shape index (κ1) is 14.2. The maximum atomic E-state index is 12.3. The standard InChI is InChI=1S/C16H22N2O3/c1-11(13-5-6-14-15(9-13)21-10-20-14)17-12(2)16(19)18-7-3-4-8-18/h5-6,9,11-12,17H,3-4,7-8,10H2,1-2H3. The van der Waals surface area contributed by atoms with Crippen LogP contribution in [0.15, 0.2) is 18.2 Å². The summed E-state index contributed by atoms with van der Waals surface area (Å²) in [7, 11) is 0. The number of amides is 1. The predicted molar refractivity (Wildman–Crippen MR) is 79.4 cm³/mol. The molecule has 5 nitrogen and oxygen atoms in total. The van der Waals surface area contributed by atoms with Crippen molar-refractivity contribution >= 4 is 5.91 Å². The molecule has 0 saturated carbocycles. The first-order valence-electron chi connectivity index (χ1n) is 7.59. The normalized spacial score (nSPS) is 19.6. The molecule has 1 fully saturated rings. The summed E-state index contributed by atoms with van der Waals surface area (Å²) >= 11 is 0. The van der Waals surface area contributed by atoms with Gasteiger partial charge >= 0.3 is 0 Å². The fraction of sp³-hybridized carbons (Fsp3) is 0.562. The molecule has 0 aromatic heterocycles. The second-order valence-electron chi connectivity index (χ2n) is 5.76. The lowest BCUT2D eigenvalue weighted by Crippen LogP contribution is -2.44. The van der Waals surface area contributed by atoms with Crippen LogP contribution in [0, 0.1) is 0 Å². The van der Waals surface area contributed by atoms with Gasteiger partial charge in [-0.2, -0.15) is 0 Å². The molecule has 1 saturated heterocycles. The van der Waals surface area contributed by atoms with Crippen molar-refractivity contribution in [3.8, 4) is 11.5 Å². The summed E-state index contributed by atoms with van der Waals surface area (Å²) in [5, 5.41) is 3.38. The van der Waals surface area contributed by atoms with E-state index in [1.165, 1.54) is 0 Å². The van der Waals surface area contributed by atoms with Crippen molar-refractivity contribution in [3.63, 3.8) is 0 Å². The van der Waals surface area contributed by atoms with Crippen molar-refractivity contribution in [3.05, 3.63) is 23.8 Å². The van der Waals surface area contributed by atoms with Gasteiger partial charge in [0, 0.05) is 19.1 Å². The van der Waals surface area contributed by atoms with E-state index in [0.717, 1.165) is 43.0 Å². The molecule has 1 amide bonds. The zero-order chi connectivity index (χ0) is 14.8. The molecule has 114 valence electrons. The van der Waals surface area contributed by atoms with Gasteiger partial charge in [-0.05, 0) is 44.4 Å². The van der Waals surface area contributed by atoms with Crippen LogP contribution in [0.1, 0.15) is 38.3 Å². The monoisotopic (exact) mass is 290 g/mol. The largest absolute Gasteiger partial charge is 0.454 e. The number of hydrogen-bond donors (Lipinski definition) is 1. The van der Waals surface area contributed by atoms with Crippen LogP contribution in [0.25, 0.3) is 0 Å². The van der Waals surface area contributed by atoms with Crippen LogP contribution >= 0.6 is 0 Å². The van der Waals surface area contributed by atoms with E-state index in [4.69, 9.17) is 9.47 Å². The number of carbonyl (C=O) groups is 1. The quantitative estimate of drug-likeness (QED) is 0.922. The summed E-state index contributed by atoms with van der Waals surface area (Å²) in [4.78, 5) is 14.3. The Kier molecular flexibility index (Phi) is 4.01. The lowest BCUT2D eigenvalue weighted by molar-refractivity contribution is -0.132. The number of likely N-dealkylation sites (tertiary alicyclic amines) is 1. The Morgan fingerprint density at radius 1 is 1.19 bits per heavy atom. The molecule has 1 N–H and O–H groups in total. The van der Waals surface area contributed by atoms with Gasteiger partial charge in [0.15, 0.2) is 11.5 Å². The van der Waals surface area contributed by atoms with Crippen LogP contribution in [0.4, 0.5) is 0 Å². The topological polar surface area (TPSA) is 50.8 Å². The molecule has 2 heterocycles. The molecular weight excluding hydrogens is 268 g/mol. The Morgan fingerprint density at radius 3 is 2.67 bits per heavy atom. The zero-order valence-electron chi connectivity index (χ0n) is 12.6. The summed E-state index contributed by atoms with van der Waals surface area (Å²) in [6.07, 6.45) is 2.24. The third-order valence-corrected chi connectivity index (χ3v) is 4.18. The second kappa shape index (κ2) is 5.93. The van der Waals surface area contributed by atoms with Crippen LogP contribution in [-0.4, -0.2) is 36.7 Å². The SMILES string of the molecule is CC(NC(C)c1ccc2c(c1)OCO2)C(=O)N1CCCC1. The molecule has 1 aromatic carbocycles. The third-order valence-electron chi connectivity index (χ3n) is 4.18. The van der Waals surface area contributed by atoms with Crippen LogP contribution < -0.4 is 14.8 Å². The van der Waals surface area contributed by atoms with Gasteiger partial charge < -0.3 is 14.4 Å². The average Bonchev–Trinajstić information content (AvgIpc) is 3.16. The number of rotatable bonds is 4. The minimum Gasteiger partial charge on any atom is -0.454 e. The molecule has 0 aliphatic carbocycles. The van der Waals surface area contributed by atoms with Crippen LogP contribution in [0.2, 0.25) is 0 Å². The lowest BCUT2D eigenvalue weighted by Gasteiger charge is -2.24. The highest BCUT2D eigenvalue weighted by molar-refractivity contribution is 5.81. The molecule has 0 spiro atoms.